The lowest BCUT2D eigenvalue weighted by atomic mass is 10.0. The third-order valence-electron chi connectivity index (χ3n) is 2.50. The summed E-state index contributed by atoms with van der Waals surface area (Å²) in [5.74, 6) is -0.841. The van der Waals surface area contributed by atoms with E-state index in [0.717, 1.165) is 24.2 Å². The van der Waals surface area contributed by atoms with Crippen LogP contribution in [0.15, 0.2) is 5.16 Å². The van der Waals surface area contributed by atoms with Crippen molar-refractivity contribution in [1.82, 2.24) is 15.3 Å². The molecule has 2 rings (SSSR count). The highest BCUT2D eigenvalue weighted by Crippen LogP contribution is 2.19. The molecule has 0 radical (unpaired) electrons. The van der Waals surface area contributed by atoms with Crippen molar-refractivity contribution in [2.45, 2.75) is 24.5 Å². The van der Waals surface area contributed by atoms with E-state index in [9.17, 15) is 4.79 Å². The normalized spacial score (nSPS) is 14.6. The fourth-order valence-corrected chi connectivity index (χ4v) is 2.20. The zero-order chi connectivity index (χ0) is 11.5. The first-order chi connectivity index (χ1) is 7.70. The van der Waals surface area contributed by atoms with Gasteiger partial charge in [0.1, 0.15) is 0 Å². The molecule has 1 aliphatic rings. The Balaban J connectivity index is 2.43. The molecule has 0 saturated carbocycles. The highest BCUT2D eigenvalue weighted by atomic mass is 32.2. The highest BCUT2D eigenvalue weighted by molar-refractivity contribution is 7.98. The SMILES string of the molecule is CSc1nc2c(c(CC(=O)O)n1)CCNC2. The minimum absolute atomic E-state index is 0.0155. The molecule has 1 aromatic heterocycles. The van der Waals surface area contributed by atoms with Gasteiger partial charge in [0, 0.05) is 6.54 Å². The van der Waals surface area contributed by atoms with E-state index in [4.69, 9.17) is 5.11 Å². The maximum Gasteiger partial charge on any atom is 0.309 e. The summed E-state index contributed by atoms with van der Waals surface area (Å²) in [7, 11) is 0. The summed E-state index contributed by atoms with van der Waals surface area (Å²) in [6.07, 6.45) is 2.69. The van der Waals surface area contributed by atoms with Gasteiger partial charge >= 0.3 is 5.97 Å². The van der Waals surface area contributed by atoms with Gasteiger partial charge in [-0.25, -0.2) is 9.97 Å². The summed E-state index contributed by atoms with van der Waals surface area (Å²) in [6, 6.07) is 0. The zero-order valence-corrected chi connectivity index (χ0v) is 9.80. The molecule has 0 aromatic carbocycles. The Bertz CT molecular complexity index is 423. The van der Waals surface area contributed by atoms with Gasteiger partial charge in [-0.3, -0.25) is 4.79 Å². The Kier molecular flexibility index (Phi) is 3.40. The molecular formula is C10H13N3O2S. The van der Waals surface area contributed by atoms with Crippen molar-refractivity contribution >= 4 is 17.7 Å². The smallest absolute Gasteiger partial charge is 0.309 e. The molecule has 1 aromatic rings. The van der Waals surface area contributed by atoms with Gasteiger partial charge in [0.15, 0.2) is 5.16 Å². The van der Waals surface area contributed by atoms with Crippen LogP contribution in [0.5, 0.6) is 0 Å². The van der Waals surface area contributed by atoms with Gasteiger partial charge in [0.25, 0.3) is 0 Å². The van der Waals surface area contributed by atoms with Crippen LogP contribution in [0.1, 0.15) is 17.0 Å². The molecule has 0 saturated heterocycles. The van der Waals surface area contributed by atoms with Gasteiger partial charge in [-0.2, -0.15) is 0 Å². The van der Waals surface area contributed by atoms with Gasteiger partial charge in [-0.15, -0.1) is 0 Å². The zero-order valence-electron chi connectivity index (χ0n) is 8.99. The summed E-state index contributed by atoms with van der Waals surface area (Å²) in [5.41, 5.74) is 2.63. The molecule has 5 nitrogen and oxygen atoms in total. The lowest BCUT2D eigenvalue weighted by molar-refractivity contribution is -0.136. The summed E-state index contributed by atoms with van der Waals surface area (Å²) < 4.78 is 0. The van der Waals surface area contributed by atoms with Crippen LogP contribution in [0.25, 0.3) is 0 Å². The van der Waals surface area contributed by atoms with Crippen LogP contribution in [0.3, 0.4) is 0 Å². The lowest BCUT2D eigenvalue weighted by Gasteiger charge is -2.18. The van der Waals surface area contributed by atoms with E-state index < -0.39 is 5.97 Å². The molecule has 86 valence electrons. The predicted molar refractivity (Wildman–Crippen MR) is 60.6 cm³/mol. The molecule has 0 fully saturated rings. The van der Waals surface area contributed by atoms with E-state index in [1.54, 1.807) is 0 Å². The molecule has 2 heterocycles. The van der Waals surface area contributed by atoms with E-state index in [1.807, 2.05) is 6.26 Å². The molecule has 0 atom stereocenters. The minimum atomic E-state index is -0.841. The number of hydrogen-bond acceptors (Lipinski definition) is 5. The van der Waals surface area contributed by atoms with Gasteiger partial charge in [-0.1, -0.05) is 11.8 Å². The third-order valence-corrected chi connectivity index (χ3v) is 3.05. The van der Waals surface area contributed by atoms with Gasteiger partial charge < -0.3 is 10.4 Å². The Morgan fingerprint density at radius 3 is 3.06 bits per heavy atom. The molecule has 0 unspecified atom stereocenters. The second-order valence-corrected chi connectivity index (χ2v) is 4.35. The van der Waals surface area contributed by atoms with Crippen LogP contribution < -0.4 is 5.32 Å². The average Bonchev–Trinajstić information content (AvgIpc) is 2.28. The summed E-state index contributed by atoms with van der Waals surface area (Å²) in [4.78, 5) is 19.5. The molecule has 0 bridgehead atoms. The van der Waals surface area contributed by atoms with E-state index in [-0.39, 0.29) is 6.42 Å². The van der Waals surface area contributed by atoms with Crippen molar-refractivity contribution in [3.8, 4) is 0 Å². The number of rotatable bonds is 3. The Labute approximate surface area is 97.7 Å². The number of fused-ring (bicyclic) bond motifs is 1. The Morgan fingerprint density at radius 2 is 2.38 bits per heavy atom. The second-order valence-electron chi connectivity index (χ2n) is 3.58. The van der Waals surface area contributed by atoms with E-state index >= 15 is 0 Å². The number of carboxylic acid groups (broad SMARTS) is 1. The van der Waals surface area contributed by atoms with E-state index in [2.05, 4.69) is 15.3 Å². The first-order valence-electron chi connectivity index (χ1n) is 5.06. The summed E-state index contributed by atoms with van der Waals surface area (Å²) in [6.45, 7) is 1.57. The lowest BCUT2D eigenvalue weighted by Crippen LogP contribution is -2.27. The van der Waals surface area contributed by atoms with E-state index in [1.165, 1.54) is 11.8 Å². The largest absolute Gasteiger partial charge is 0.481 e. The van der Waals surface area contributed by atoms with Gasteiger partial charge in [0.2, 0.25) is 0 Å². The molecule has 1 aliphatic heterocycles. The van der Waals surface area contributed by atoms with Crippen LogP contribution in [0.2, 0.25) is 0 Å². The number of aliphatic carboxylic acids is 1. The predicted octanol–water partition coefficient (Wildman–Crippen LogP) is 0.471. The first kappa shape index (κ1) is 11.3. The topological polar surface area (TPSA) is 75.1 Å². The monoisotopic (exact) mass is 239 g/mol. The average molecular weight is 239 g/mol. The van der Waals surface area contributed by atoms with Crippen molar-refractivity contribution in [3.05, 3.63) is 17.0 Å². The minimum Gasteiger partial charge on any atom is -0.481 e. The van der Waals surface area contributed by atoms with Crippen molar-refractivity contribution < 1.29 is 9.90 Å². The van der Waals surface area contributed by atoms with E-state index in [0.29, 0.717) is 17.4 Å². The third kappa shape index (κ3) is 2.33. The maximum absolute atomic E-state index is 10.8. The van der Waals surface area contributed by atoms with Crippen molar-refractivity contribution in [2.75, 3.05) is 12.8 Å². The number of nitrogens with zero attached hydrogens (tertiary/aromatic N) is 2. The van der Waals surface area contributed by atoms with Crippen LogP contribution >= 0.6 is 11.8 Å². The fourth-order valence-electron chi connectivity index (χ4n) is 1.79. The van der Waals surface area contributed by atoms with Crippen LogP contribution in [0, 0.1) is 0 Å². The first-order valence-corrected chi connectivity index (χ1v) is 6.28. The van der Waals surface area contributed by atoms with Crippen LogP contribution in [-0.2, 0) is 24.2 Å². The number of carboxylic acids is 1. The maximum atomic E-state index is 10.8. The quantitative estimate of drug-likeness (QED) is 0.590. The van der Waals surface area contributed by atoms with Crippen LogP contribution in [0.4, 0.5) is 0 Å². The molecule has 0 spiro atoms. The number of nitrogens with one attached hydrogen (secondary N) is 1. The van der Waals surface area contributed by atoms with Crippen LogP contribution in [-0.4, -0.2) is 33.8 Å². The highest BCUT2D eigenvalue weighted by Gasteiger charge is 2.18. The Morgan fingerprint density at radius 1 is 1.56 bits per heavy atom. The van der Waals surface area contributed by atoms with Crippen molar-refractivity contribution in [2.24, 2.45) is 0 Å². The number of carbonyl (C=O) groups is 1. The van der Waals surface area contributed by atoms with Gasteiger partial charge in [-0.05, 0) is 24.8 Å². The van der Waals surface area contributed by atoms with Crippen molar-refractivity contribution in [3.63, 3.8) is 0 Å². The summed E-state index contributed by atoms with van der Waals surface area (Å²) in [5, 5.41) is 12.7. The summed E-state index contributed by atoms with van der Waals surface area (Å²) >= 11 is 1.44. The Hall–Kier alpha value is -1.14. The molecule has 16 heavy (non-hydrogen) atoms. The number of aromatic nitrogens is 2. The standard InChI is InChI=1S/C10H13N3O2S/c1-16-10-12-7(4-9(14)15)6-2-3-11-5-8(6)13-10/h11H,2-5H2,1H3,(H,14,15). The van der Waals surface area contributed by atoms with Gasteiger partial charge in [0.05, 0.1) is 17.8 Å². The number of thioether (sulfide) groups is 1. The second kappa shape index (κ2) is 4.80. The van der Waals surface area contributed by atoms with Crippen molar-refractivity contribution in [1.29, 1.82) is 0 Å². The molecule has 2 N–H and O–H groups in total. The molecule has 0 amide bonds. The number of hydrogen-bond donors (Lipinski definition) is 2. The molecule has 0 aliphatic carbocycles. The molecular weight excluding hydrogens is 226 g/mol. The fraction of sp³-hybridized carbons (Fsp3) is 0.500. The molecule has 6 heteroatoms.